The van der Waals surface area contributed by atoms with Crippen molar-refractivity contribution in [2.45, 2.75) is 44.9 Å². The summed E-state index contributed by atoms with van der Waals surface area (Å²) in [7, 11) is 0. The first-order valence-corrected chi connectivity index (χ1v) is 11.3. The highest BCUT2D eigenvalue weighted by Gasteiger charge is 2.33. The lowest BCUT2D eigenvalue weighted by Gasteiger charge is -2.34. The first kappa shape index (κ1) is 23.9. The van der Waals surface area contributed by atoms with Crippen molar-refractivity contribution in [3.63, 3.8) is 0 Å². The Hall–Kier alpha value is -3.20. The maximum absolute atomic E-state index is 13.3. The number of halogens is 3. The zero-order valence-electron chi connectivity index (χ0n) is 19.0. The van der Waals surface area contributed by atoms with E-state index < -0.39 is 17.8 Å². The van der Waals surface area contributed by atoms with Gasteiger partial charge in [0.1, 0.15) is 0 Å². The van der Waals surface area contributed by atoms with Gasteiger partial charge >= 0.3 is 6.18 Å². The maximum Gasteiger partial charge on any atom is 0.417 e. The summed E-state index contributed by atoms with van der Waals surface area (Å²) in [4.78, 5) is 19.0. The van der Waals surface area contributed by atoms with Gasteiger partial charge in [-0.2, -0.15) is 18.3 Å². The van der Waals surface area contributed by atoms with Gasteiger partial charge in [0, 0.05) is 19.3 Å². The van der Waals surface area contributed by atoms with Gasteiger partial charge < -0.3 is 10.0 Å². The number of nitrogens with zero attached hydrogens (tertiary/aromatic N) is 4. The summed E-state index contributed by atoms with van der Waals surface area (Å²) in [5, 5.41) is 15.0. The van der Waals surface area contributed by atoms with Crippen LogP contribution in [0.15, 0.2) is 54.9 Å². The Labute approximate surface area is 196 Å². The summed E-state index contributed by atoms with van der Waals surface area (Å²) in [6.07, 6.45) is -1.47. The van der Waals surface area contributed by atoms with Gasteiger partial charge in [-0.1, -0.05) is 44.2 Å². The van der Waals surface area contributed by atoms with E-state index >= 15 is 0 Å². The predicted molar refractivity (Wildman–Crippen MR) is 120 cm³/mol. The number of alkyl halides is 3. The topological polar surface area (TPSA) is 71.2 Å². The Balaban J connectivity index is 1.50. The molecule has 1 N–H and O–H groups in total. The summed E-state index contributed by atoms with van der Waals surface area (Å²) in [6, 6.07) is 11.7. The molecule has 34 heavy (non-hydrogen) atoms. The fourth-order valence-electron chi connectivity index (χ4n) is 4.45. The van der Waals surface area contributed by atoms with Crippen LogP contribution in [0.1, 0.15) is 65.9 Å². The molecule has 0 saturated carbocycles. The summed E-state index contributed by atoms with van der Waals surface area (Å²) in [5.41, 5.74) is 1.05. The third-order valence-electron chi connectivity index (χ3n) is 6.29. The maximum atomic E-state index is 13.3. The number of hydrogen-bond acceptors (Lipinski definition) is 4. The van der Waals surface area contributed by atoms with Gasteiger partial charge in [0.05, 0.1) is 29.1 Å². The van der Waals surface area contributed by atoms with Crippen molar-refractivity contribution in [1.29, 1.82) is 0 Å². The normalized spacial score (nSPS) is 16.1. The Morgan fingerprint density at radius 1 is 1.06 bits per heavy atom. The largest absolute Gasteiger partial charge is 0.417 e. The number of amides is 1. The quantitative estimate of drug-likeness (QED) is 0.568. The van der Waals surface area contributed by atoms with Crippen molar-refractivity contribution >= 4 is 5.91 Å². The highest BCUT2D eigenvalue weighted by atomic mass is 19.4. The second-order valence-corrected chi connectivity index (χ2v) is 8.90. The molecule has 4 rings (SSSR count). The highest BCUT2D eigenvalue weighted by Crippen LogP contribution is 2.33. The van der Waals surface area contributed by atoms with Gasteiger partial charge in [0.15, 0.2) is 5.82 Å². The molecule has 0 spiro atoms. The standard InChI is InChI=1S/C25H27F3N4O2/c1-16(2)22-20(15-30-32(22)21-9-8-19(14-29-21)25(26,27)28)24(34)31-12-10-18(11-13-31)23(33)17-6-4-3-5-7-17/h3-9,14-16,18,23,33H,10-13H2,1-2H3. The number of carbonyl (C=O) groups excluding carboxylic acids is 1. The van der Waals surface area contributed by atoms with Crippen molar-refractivity contribution in [2.24, 2.45) is 5.92 Å². The summed E-state index contributed by atoms with van der Waals surface area (Å²) in [6.45, 7) is 4.82. The van der Waals surface area contributed by atoms with Crippen LogP contribution < -0.4 is 0 Å². The van der Waals surface area contributed by atoms with Gasteiger partial charge in [-0.25, -0.2) is 9.67 Å². The summed E-state index contributed by atoms with van der Waals surface area (Å²) < 4.78 is 40.1. The Bertz CT molecular complexity index is 1120. The molecule has 0 bridgehead atoms. The van der Waals surface area contributed by atoms with Crippen LogP contribution >= 0.6 is 0 Å². The van der Waals surface area contributed by atoms with Gasteiger partial charge in [0.25, 0.3) is 5.91 Å². The van der Waals surface area contributed by atoms with Gasteiger partial charge in [-0.05, 0) is 42.4 Å². The van der Waals surface area contributed by atoms with Crippen LogP contribution in [0.25, 0.3) is 5.82 Å². The Morgan fingerprint density at radius 3 is 2.29 bits per heavy atom. The van der Waals surface area contributed by atoms with Crippen molar-refractivity contribution in [1.82, 2.24) is 19.7 Å². The van der Waals surface area contributed by atoms with E-state index in [1.165, 1.54) is 16.9 Å². The monoisotopic (exact) mass is 472 g/mol. The zero-order valence-corrected chi connectivity index (χ0v) is 19.0. The minimum Gasteiger partial charge on any atom is -0.388 e. The van der Waals surface area contributed by atoms with Crippen LogP contribution in [0.5, 0.6) is 0 Å². The molecule has 1 aliphatic heterocycles. The van der Waals surface area contributed by atoms with E-state index in [1.54, 1.807) is 4.90 Å². The van der Waals surface area contributed by atoms with Gasteiger partial charge in [-0.15, -0.1) is 0 Å². The van der Waals surface area contributed by atoms with E-state index in [2.05, 4.69) is 10.1 Å². The first-order chi connectivity index (χ1) is 16.2. The van der Waals surface area contributed by atoms with E-state index in [-0.39, 0.29) is 23.6 Å². The Morgan fingerprint density at radius 2 is 1.74 bits per heavy atom. The van der Waals surface area contributed by atoms with Crippen molar-refractivity contribution in [3.8, 4) is 5.82 Å². The second kappa shape index (κ2) is 9.58. The molecule has 9 heteroatoms. The van der Waals surface area contributed by atoms with Crippen LogP contribution in [-0.2, 0) is 6.18 Å². The molecule has 1 unspecified atom stereocenters. The summed E-state index contributed by atoms with van der Waals surface area (Å²) >= 11 is 0. The molecule has 1 saturated heterocycles. The molecular weight excluding hydrogens is 445 g/mol. The minimum absolute atomic E-state index is 0.0649. The number of carbonyl (C=O) groups is 1. The fourth-order valence-corrected chi connectivity index (χ4v) is 4.45. The third-order valence-corrected chi connectivity index (χ3v) is 6.29. The van der Waals surface area contributed by atoms with Crippen LogP contribution in [0.4, 0.5) is 13.2 Å². The lowest BCUT2D eigenvalue weighted by atomic mass is 9.87. The van der Waals surface area contributed by atoms with Crippen molar-refractivity contribution < 1.29 is 23.1 Å². The number of aliphatic hydroxyl groups is 1. The number of aromatic nitrogens is 3. The first-order valence-electron chi connectivity index (χ1n) is 11.3. The molecule has 0 aliphatic carbocycles. The lowest BCUT2D eigenvalue weighted by molar-refractivity contribution is -0.137. The molecule has 0 radical (unpaired) electrons. The number of rotatable bonds is 5. The number of aliphatic hydroxyl groups excluding tert-OH is 1. The van der Waals surface area contributed by atoms with E-state index in [4.69, 9.17) is 0 Å². The number of hydrogen-bond donors (Lipinski definition) is 1. The van der Waals surface area contributed by atoms with Gasteiger partial charge in [-0.3, -0.25) is 4.79 Å². The smallest absolute Gasteiger partial charge is 0.388 e. The molecule has 1 fully saturated rings. The number of likely N-dealkylation sites (tertiary alicyclic amines) is 1. The molecule has 6 nitrogen and oxygen atoms in total. The summed E-state index contributed by atoms with van der Waals surface area (Å²) in [5.74, 6) is 0.00743. The SMILES string of the molecule is CC(C)c1c(C(=O)N2CCC(C(O)c3ccccc3)CC2)cnn1-c1ccc(C(F)(F)F)cn1. The average Bonchev–Trinajstić information content (AvgIpc) is 3.29. The molecule has 3 heterocycles. The van der Waals surface area contributed by atoms with E-state index in [0.29, 0.717) is 37.2 Å². The number of pyridine rings is 1. The number of benzene rings is 1. The van der Waals surface area contributed by atoms with Crippen LogP contribution in [0.3, 0.4) is 0 Å². The average molecular weight is 473 g/mol. The Kier molecular flexibility index (Phi) is 6.74. The van der Waals surface area contributed by atoms with Crippen molar-refractivity contribution in [2.75, 3.05) is 13.1 Å². The molecule has 1 aromatic carbocycles. The molecule has 1 aliphatic rings. The van der Waals surface area contributed by atoms with Crippen molar-refractivity contribution in [3.05, 3.63) is 77.2 Å². The zero-order chi connectivity index (χ0) is 24.5. The fraction of sp³-hybridized carbons (Fsp3) is 0.400. The van der Waals surface area contributed by atoms with Gasteiger partial charge in [0.2, 0.25) is 0 Å². The van der Waals surface area contributed by atoms with E-state index in [9.17, 15) is 23.1 Å². The molecule has 1 atom stereocenters. The second-order valence-electron chi connectivity index (χ2n) is 8.90. The molecule has 180 valence electrons. The molecule has 1 amide bonds. The molecular formula is C25H27F3N4O2. The van der Waals surface area contributed by atoms with E-state index in [1.807, 2.05) is 44.2 Å². The predicted octanol–water partition coefficient (Wildman–Crippen LogP) is 5.00. The number of piperidine rings is 1. The highest BCUT2D eigenvalue weighted by molar-refractivity contribution is 5.95. The van der Waals surface area contributed by atoms with Crippen LogP contribution in [0.2, 0.25) is 0 Å². The minimum atomic E-state index is -4.47. The third kappa shape index (κ3) is 4.84. The lowest BCUT2D eigenvalue weighted by Crippen LogP contribution is -2.40. The molecule has 3 aromatic rings. The van der Waals surface area contributed by atoms with E-state index in [0.717, 1.165) is 17.8 Å². The molecule has 2 aromatic heterocycles. The van der Waals surface area contributed by atoms with Crippen LogP contribution in [-0.4, -0.2) is 43.8 Å². The van der Waals surface area contributed by atoms with Crippen LogP contribution in [0, 0.1) is 5.92 Å².